The van der Waals surface area contributed by atoms with Crippen LogP contribution in [-0.2, 0) is 0 Å². The van der Waals surface area contributed by atoms with Gasteiger partial charge in [0.25, 0.3) is 5.91 Å². The summed E-state index contributed by atoms with van der Waals surface area (Å²) in [5.41, 5.74) is 7.69. The number of para-hydroxylation sites is 1. The summed E-state index contributed by atoms with van der Waals surface area (Å²) < 4.78 is 10.8. The highest BCUT2D eigenvalue weighted by Gasteiger charge is 2.26. The Hall–Kier alpha value is -2.69. The number of nitrogen functional groups attached to an aromatic ring is 1. The van der Waals surface area contributed by atoms with Crippen molar-refractivity contribution in [2.75, 3.05) is 19.5 Å². The second-order valence-electron chi connectivity index (χ2n) is 4.83. The Morgan fingerprint density at radius 2 is 2.14 bits per heavy atom. The zero-order chi connectivity index (χ0) is 14.8. The molecule has 108 valence electrons. The number of benzene rings is 2. The Morgan fingerprint density at radius 1 is 1.33 bits per heavy atom. The molecule has 5 heteroatoms. The van der Waals surface area contributed by atoms with E-state index in [0.29, 0.717) is 23.6 Å². The van der Waals surface area contributed by atoms with Crippen molar-refractivity contribution >= 4 is 11.6 Å². The van der Waals surface area contributed by atoms with Crippen LogP contribution in [-0.4, -0.2) is 19.6 Å². The smallest absolute Gasteiger partial charge is 0.255 e. The fourth-order valence-electron chi connectivity index (χ4n) is 2.41. The number of anilines is 1. The lowest BCUT2D eigenvalue weighted by molar-refractivity contribution is 0.0927. The van der Waals surface area contributed by atoms with Crippen molar-refractivity contribution in [1.29, 1.82) is 0 Å². The fourth-order valence-corrected chi connectivity index (χ4v) is 2.41. The third-order valence-electron chi connectivity index (χ3n) is 3.48. The molecule has 0 radical (unpaired) electrons. The summed E-state index contributed by atoms with van der Waals surface area (Å²) in [4.78, 5) is 12.4. The van der Waals surface area contributed by atoms with Crippen LogP contribution in [0, 0.1) is 0 Å². The van der Waals surface area contributed by atoms with Crippen LogP contribution in [0.15, 0.2) is 42.5 Å². The van der Waals surface area contributed by atoms with Crippen molar-refractivity contribution in [3.8, 4) is 11.5 Å². The van der Waals surface area contributed by atoms with Crippen LogP contribution in [0.4, 0.5) is 5.69 Å². The number of fused-ring (bicyclic) bond motifs is 1. The molecule has 1 amide bonds. The summed E-state index contributed by atoms with van der Waals surface area (Å²) in [5.74, 6) is 1.06. The summed E-state index contributed by atoms with van der Waals surface area (Å²) in [5, 5.41) is 2.96. The van der Waals surface area contributed by atoms with E-state index in [1.165, 1.54) is 7.11 Å². The number of hydrogen-bond acceptors (Lipinski definition) is 4. The Morgan fingerprint density at radius 3 is 2.95 bits per heavy atom. The van der Waals surface area contributed by atoms with Gasteiger partial charge < -0.3 is 20.5 Å². The van der Waals surface area contributed by atoms with Gasteiger partial charge in [-0.05, 0) is 18.2 Å². The topological polar surface area (TPSA) is 73.6 Å². The van der Waals surface area contributed by atoms with Gasteiger partial charge in [-0.25, -0.2) is 0 Å². The number of carbonyl (C=O) groups is 1. The molecule has 1 aliphatic heterocycles. The van der Waals surface area contributed by atoms with Crippen LogP contribution in [0.5, 0.6) is 11.5 Å². The number of hydrogen-bond donors (Lipinski definition) is 2. The molecule has 0 saturated carbocycles. The van der Waals surface area contributed by atoms with Crippen LogP contribution < -0.4 is 20.5 Å². The maximum atomic E-state index is 12.4. The molecule has 0 aromatic heterocycles. The summed E-state index contributed by atoms with van der Waals surface area (Å²) in [7, 11) is 1.51. The molecular formula is C16H16N2O3. The molecule has 1 heterocycles. The van der Waals surface area contributed by atoms with E-state index in [9.17, 15) is 4.79 Å². The number of carbonyl (C=O) groups excluding carboxylic acids is 1. The molecule has 1 aliphatic rings. The van der Waals surface area contributed by atoms with E-state index in [0.717, 1.165) is 11.3 Å². The third kappa shape index (κ3) is 2.50. The van der Waals surface area contributed by atoms with E-state index < -0.39 is 0 Å². The summed E-state index contributed by atoms with van der Waals surface area (Å²) in [6, 6.07) is 12.5. The van der Waals surface area contributed by atoms with Gasteiger partial charge in [0.15, 0.2) is 0 Å². The van der Waals surface area contributed by atoms with Gasteiger partial charge in [-0.1, -0.05) is 18.2 Å². The van der Waals surface area contributed by atoms with Gasteiger partial charge in [0, 0.05) is 17.3 Å². The molecule has 3 rings (SSSR count). The monoisotopic (exact) mass is 284 g/mol. The molecule has 1 atom stereocenters. The second-order valence-corrected chi connectivity index (χ2v) is 4.83. The van der Waals surface area contributed by atoms with E-state index >= 15 is 0 Å². The fraction of sp³-hybridized carbons (Fsp3) is 0.188. The summed E-state index contributed by atoms with van der Waals surface area (Å²) in [6.45, 7) is 0.433. The van der Waals surface area contributed by atoms with Gasteiger partial charge in [-0.15, -0.1) is 0 Å². The minimum atomic E-state index is -0.211. The predicted molar refractivity (Wildman–Crippen MR) is 79.6 cm³/mol. The number of methoxy groups -OCH3 is 1. The van der Waals surface area contributed by atoms with Gasteiger partial charge >= 0.3 is 0 Å². The number of nitrogens with one attached hydrogen (secondary N) is 1. The molecule has 3 N–H and O–H groups in total. The first kappa shape index (κ1) is 13.3. The Bertz CT molecular complexity index is 685. The molecule has 2 aromatic rings. The standard InChI is InChI=1S/C16H16N2O3/c1-20-15-8-10(17)6-7-12(15)16(19)18-13-9-21-14-5-3-2-4-11(13)14/h2-8,13H,9,17H2,1H3,(H,18,19). The molecule has 1 unspecified atom stereocenters. The highest BCUT2D eigenvalue weighted by atomic mass is 16.5. The largest absolute Gasteiger partial charge is 0.496 e. The molecule has 21 heavy (non-hydrogen) atoms. The lowest BCUT2D eigenvalue weighted by Gasteiger charge is -2.14. The van der Waals surface area contributed by atoms with E-state index in [2.05, 4.69) is 5.32 Å². The van der Waals surface area contributed by atoms with Crippen molar-refractivity contribution in [3.05, 3.63) is 53.6 Å². The molecular weight excluding hydrogens is 268 g/mol. The van der Waals surface area contributed by atoms with E-state index in [-0.39, 0.29) is 11.9 Å². The van der Waals surface area contributed by atoms with Crippen LogP contribution >= 0.6 is 0 Å². The lowest BCUT2D eigenvalue weighted by atomic mass is 10.1. The van der Waals surface area contributed by atoms with Gasteiger partial charge in [-0.2, -0.15) is 0 Å². The molecule has 0 fully saturated rings. The van der Waals surface area contributed by atoms with Crippen molar-refractivity contribution in [3.63, 3.8) is 0 Å². The quantitative estimate of drug-likeness (QED) is 0.847. The number of ether oxygens (including phenoxy) is 2. The van der Waals surface area contributed by atoms with Crippen LogP contribution in [0.1, 0.15) is 22.0 Å². The molecule has 0 saturated heterocycles. The Balaban J connectivity index is 1.82. The minimum absolute atomic E-state index is 0.157. The molecule has 0 aliphatic carbocycles. The van der Waals surface area contributed by atoms with Gasteiger partial charge in [0.1, 0.15) is 18.1 Å². The lowest BCUT2D eigenvalue weighted by Crippen LogP contribution is -2.29. The summed E-state index contributed by atoms with van der Waals surface area (Å²) in [6.07, 6.45) is 0. The third-order valence-corrected chi connectivity index (χ3v) is 3.48. The SMILES string of the molecule is COc1cc(N)ccc1C(=O)NC1COc2ccccc21. The van der Waals surface area contributed by atoms with Gasteiger partial charge in [0.05, 0.1) is 18.7 Å². The normalized spacial score (nSPS) is 16.0. The zero-order valence-electron chi connectivity index (χ0n) is 11.6. The minimum Gasteiger partial charge on any atom is -0.496 e. The van der Waals surface area contributed by atoms with Crippen molar-refractivity contribution in [1.82, 2.24) is 5.32 Å². The maximum Gasteiger partial charge on any atom is 0.255 e. The van der Waals surface area contributed by atoms with Crippen LogP contribution in [0.25, 0.3) is 0 Å². The average molecular weight is 284 g/mol. The van der Waals surface area contributed by atoms with Gasteiger partial charge in [0.2, 0.25) is 0 Å². The van der Waals surface area contributed by atoms with Gasteiger partial charge in [-0.3, -0.25) is 4.79 Å². The first-order valence-electron chi connectivity index (χ1n) is 6.65. The summed E-state index contributed by atoms with van der Waals surface area (Å²) >= 11 is 0. The van der Waals surface area contributed by atoms with Crippen molar-refractivity contribution in [2.24, 2.45) is 0 Å². The highest BCUT2D eigenvalue weighted by Crippen LogP contribution is 2.32. The molecule has 2 aromatic carbocycles. The van der Waals surface area contributed by atoms with Crippen molar-refractivity contribution in [2.45, 2.75) is 6.04 Å². The Labute approximate surface area is 122 Å². The first-order chi connectivity index (χ1) is 10.2. The maximum absolute atomic E-state index is 12.4. The van der Waals surface area contributed by atoms with Crippen LogP contribution in [0.3, 0.4) is 0 Å². The van der Waals surface area contributed by atoms with Crippen molar-refractivity contribution < 1.29 is 14.3 Å². The van der Waals surface area contributed by atoms with E-state index in [1.54, 1.807) is 18.2 Å². The molecule has 5 nitrogen and oxygen atoms in total. The molecule has 0 bridgehead atoms. The van der Waals surface area contributed by atoms with E-state index in [4.69, 9.17) is 15.2 Å². The first-order valence-corrected chi connectivity index (χ1v) is 6.65. The number of amides is 1. The van der Waals surface area contributed by atoms with E-state index in [1.807, 2.05) is 24.3 Å². The average Bonchev–Trinajstić information content (AvgIpc) is 2.90. The van der Waals surface area contributed by atoms with Crippen LogP contribution in [0.2, 0.25) is 0 Å². The second kappa shape index (κ2) is 5.36. The predicted octanol–water partition coefficient (Wildman–Crippen LogP) is 2.14. The number of nitrogens with two attached hydrogens (primary N) is 1. The highest BCUT2D eigenvalue weighted by molar-refractivity contribution is 5.97. The zero-order valence-corrected chi connectivity index (χ0v) is 11.6. The number of rotatable bonds is 3. The Kier molecular flexibility index (Phi) is 3.39. The molecule has 0 spiro atoms.